The first-order valence-electron chi connectivity index (χ1n) is 6.15. The lowest BCUT2D eigenvalue weighted by atomic mass is 10.2. The zero-order valence-electron chi connectivity index (χ0n) is 10.8. The van der Waals surface area contributed by atoms with E-state index in [-0.39, 0.29) is 0 Å². The molecule has 0 saturated heterocycles. The molecule has 1 atom stereocenters. The number of ether oxygens (including phenoxy) is 1. The van der Waals surface area contributed by atoms with Crippen molar-refractivity contribution in [3.63, 3.8) is 0 Å². The van der Waals surface area contributed by atoms with Gasteiger partial charge in [0.05, 0.1) is 11.1 Å². The summed E-state index contributed by atoms with van der Waals surface area (Å²) in [7, 11) is 0. The monoisotopic (exact) mass is 275 g/mol. The van der Waals surface area contributed by atoms with Gasteiger partial charge in [-0.2, -0.15) is 0 Å². The van der Waals surface area contributed by atoms with Crippen molar-refractivity contribution in [2.45, 2.75) is 18.1 Å². The maximum Gasteiger partial charge on any atom is 0.119 e. The first-order chi connectivity index (χ1) is 9.24. The largest absolute Gasteiger partial charge is 0.491 e. The molecule has 1 aromatic carbocycles. The van der Waals surface area contributed by atoms with Gasteiger partial charge in [0.2, 0.25) is 0 Å². The van der Waals surface area contributed by atoms with Gasteiger partial charge in [-0.25, -0.2) is 4.98 Å². The minimum atomic E-state index is -0.506. The van der Waals surface area contributed by atoms with E-state index in [9.17, 15) is 5.11 Å². The number of pyridine rings is 1. The predicted octanol–water partition coefficient (Wildman–Crippen LogP) is 2.92. The normalized spacial score (nSPS) is 12.1. The number of aromatic nitrogens is 1. The Balaban J connectivity index is 1.72. The summed E-state index contributed by atoms with van der Waals surface area (Å²) >= 11 is 1.53. The van der Waals surface area contributed by atoms with E-state index in [4.69, 9.17) is 4.74 Å². The van der Waals surface area contributed by atoms with Gasteiger partial charge in [0.25, 0.3) is 0 Å². The van der Waals surface area contributed by atoms with Gasteiger partial charge in [-0.05, 0) is 31.2 Å². The number of hydrogen-bond acceptors (Lipinski definition) is 4. The SMILES string of the molecule is Cc1ccc(OCC(O)CSc2ccccn2)cc1. The van der Waals surface area contributed by atoms with E-state index in [1.165, 1.54) is 17.3 Å². The number of rotatable bonds is 6. The molecule has 0 saturated carbocycles. The van der Waals surface area contributed by atoms with Crippen LogP contribution in [0.1, 0.15) is 5.56 Å². The smallest absolute Gasteiger partial charge is 0.119 e. The molecule has 100 valence electrons. The number of aliphatic hydroxyl groups excluding tert-OH is 1. The molecule has 1 N–H and O–H groups in total. The molecule has 0 bridgehead atoms. The Bertz CT molecular complexity index is 487. The van der Waals surface area contributed by atoms with Crippen molar-refractivity contribution in [2.24, 2.45) is 0 Å². The summed E-state index contributed by atoms with van der Waals surface area (Å²) in [5.74, 6) is 1.36. The summed E-state index contributed by atoms with van der Waals surface area (Å²) in [4.78, 5) is 4.19. The van der Waals surface area contributed by atoms with Crippen LogP contribution in [0.3, 0.4) is 0 Å². The van der Waals surface area contributed by atoms with Crippen molar-refractivity contribution in [1.82, 2.24) is 4.98 Å². The fourth-order valence-corrected chi connectivity index (χ4v) is 2.26. The quantitative estimate of drug-likeness (QED) is 0.823. The third-order valence-electron chi connectivity index (χ3n) is 2.52. The average Bonchev–Trinajstić information content (AvgIpc) is 2.45. The summed E-state index contributed by atoms with van der Waals surface area (Å²) in [6.45, 7) is 2.32. The first kappa shape index (κ1) is 13.9. The van der Waals surface area contributed by atoms with Gasteiger partial charge in [-0.3, -0.25) is 0 Å². The second-order valence-electron chi connectivity index (χ2n) is 4.26. The van der Waals surface area contributed by atoms with E-state index in [1.807, 2.05) is 49.4 Å². The van der Waals surface area contributed by atoms with Crippen molar-refractivity contribution in [2.75, 3.05) is 12.4 Å². The van der Waals surface area contributed by atoms with Crippen molar-refractivity contribution in [3.8, 4) is 5.75 Å². The van der Waals surface area contributed by atoms with Crippen molar-refractivity contribution in [1.29, 1.82) is 0 Å². The summed E-state index contributed by atoms with van der Waals surface area (Å²) in [6, 6.07) is 13.5. The fraction of sp³-hybridized carbons (Fsp3) is 0.267. The van der Waals surface area contributed by atoms with Crippen LogP contribution in [-0.2, 0) is 0 Å². The molecule has 0 aliphatic rings. The lowest BCUT2D eigenvalue weighted by molar-refractivity contribution is 0.126. The molecule has 0 spiro atoms. The molecule has 1 heterocycles. The maximum absolute atomic E-state index is 9.85. The predicted molar refractivity (Wildman–Crippen MR) is 77.6 cm³/mol. The topological polar surface area (TPSA) is 42.4 Å². The zero-order chi connectivity index (χ0) is 13.5. The van der Waals surface area contributed by atoms with Gasteiger partial charge in [0, 0.05) is 11.9 Å². The zero-order valence-corrected chi connectivity index (χ0v) is 11.6. The Kier molecular flexibility index (Phi) is 5.24. The molecule has 4 heteroatoms. The lowest BCUT2D eigenvalue weighted by Crippen LogP contribution is -2.20. The molecule has 0 fully saturated rings. The van der Waals surface area contributed by atoms with Crippen LogP contribution in [0.2, 0.25) is 0 Å². The van der Waals surface area contributed by atoms with Gasteiger partial charge in [0.15, 0.2) is 0 Å². The van der Waals surface area contributed by atoms with Gasteiger partial charge in [-0.15, -0.1) is 11.8 Å². The van der Waals surface area contributed by atoms with Crippen LogP contribution < -0.4 is 4.74 Å². The lowest BCUT2D eigenvalue weighted by Gasteiger charge is -2.12. The van der Waals surface area contributed by atoms with Crippen LogP contribution in [0.25, 0.3) is 0 Å². The summed E-state index contributed by atoms with van der Waals surface area (Å²) in [6.07, 6.45) is 1.24. The highest BCUT2D eigenvalue weighted by atomic mass is 32.2. The Hall–Kier alpha value is -1.52. The average molecular weight is 275 g/mol. The Morgan fingerprint density at radius 3 is 2.68 bits per heavy atom. The highest BCUT2D eigenvalue weighted by molar-refractivity contribution is 7.99. The van der Waals surface area contributed by atoms with E-state index < -0.39 is 6.10 Å². The number of benzene rings is 1. The molecule has 3 nitrogen and oxygen atoms in total. The van der Waals surface area contributed by atoms with E-state index in [2.05, 4.69) is 4.98 Å². The Labute approximate surface area is 117 Å². The third-order valence-corrected chi connectivity index (χ3v) is 3.61. The number of thioether (sulfide) groups is 1. The molecule has 1 aromatic heterocycles. The molecule has 0 aliphatic carbocycles. The second kappa shape index (κ2) is 7.16. The third kappa shape index (κ3) is 4.93. The molecule has 0 radical (unpaired) electrons. The molecular weight excluding hydrogens is 258 g/mol. The molecule has 2 rings (SSSR count). The van der Waals surface area contributed by atoms with Gasteiger partial charge < -0.3 is 9.84 Å². The van der Waals surface area contributed by atoms with Crippen LogP contribution in [0.5, 0.6) is 5.75 Å². The molecule has 19 heavy (non-hydrogen) atoms. The van der Waals surface area contributed by atoms with Crippen molar-refractivity contribution >= 4 is 11.8 Å². The molecule has 0 amide bonds. The summed E-state index contributed by atoms with van der Waals surface area (Å²) in [5.41, 5.74) is 1.19. The van der Waals surface area contributed by atoms with Crippen LogP contribution >= 0.6 is 11.8 Å². The summed E-state index contributed by atoms with van der Waals surface area (Å²) < 4.78 is 5.53. The molecular formula is C15H17NO2S. The maximum atomic E-state index is 9.85. The minimum absolute atomic E-state index is 0.295. The van der Waals surface area contributed by atoms with Crippen LogP contribution in [0.4, 0.5) is 0 Å². The van der Waals surface area contributed by atoms with Gasteiger partial charge in [-0.1, -0.05) is 23.8 Å². The number of aliphatic hydroxyl groups is 1. The molecule has 1 unspecified atom stereocenters. The number of aryl methyl sites for hydroxylation is 1. The second-order valence-corrected chi connectivity index (χ2v) is 5.30. The first-order valence-corrected chi connectivity index (χ1v) is 7.14. The van der Waals surface area contributed by atoms with Crippen LogP contribution in [0.15, 0.2) is 53.7 Å². The Morgan fingerprint density at radius 1 is 1.21 bits per heavy atom. The minimum Gasteiger partial charge on any atom is -0.491 e. The van der Waals surface area contributed by atoms with E-state index in [1.54, 1.807) is 6.20 Å². The van der Waals surface area contributed by atoms with E-state index in [0.29, 0.717) is 12.4 Å². The fourth-order valence-electron chi connectivity index (χ4n) is 1.49. The Morgan fingerprint density at radius 2 is 2.00 bits per heavy atom. The highest BCUT2D eigenvalue weighted by Gasteiger charge is 2.06. The molecule has 2 aromatic rings. The van der Waals surface area contributed by atoms with Gasteiger partial charge >= 0.3 is 0 Å². The summed E-state index contributed by atoms with van der Waals surface area (Å²) in [5, 5.41) is 10.8. The highest BCUT2D eigenvalue weighted by Crippen LogP contribution is 2.16. The molecule has 0 aliphatic heterocycles. The van der Waals surface area contributed by atoms with Gasteiger partial charge in [0.1, 0.15) is 12.4 Å². The van der Waals surface area contributed by atoms with Crippen LogP contribution in [-0.4, -0.2) is 28.6 Å². The van der Waals surface area contributed by atoms with Crippen LogP contribution in [0, 0.1) is 6.92 Å². The number of hydrogen-bond donors (Lipinski definition) is 1. The standard InChI is InChI=1S/C15H17NO2S/c1-12-5-7-14(8-6-12)18-10-13(17)11-19-15-4-2-3-9-16-15/h2-9,13,17H,10-11H2,1H3. The van der Waals surface area contributed by atoms with E-state index in [0.717, 1.165) is 10.8 Å². The van der Waals surface area contributed by atoms with Crippen molar-refractivity contribution in [3.05, 3.63) is 54.2 Å². The number of nitrogens with zero attached hydrogens (tertiary/aromatic N) is 1. The van der Waals surface area contributed by atoms with E-state index >= 15 is 0 Å². The van der Waals surface area contributed by atoms with Crippen molar-refractivity contribution < 1.29 is 9.84 Å².